The minimum Gasteiger partial charge on any atom is -0.494 e. The summed E-state index contributed by atoms with van der Waals surface area (Å²) in [6, 6.07) is 3.86. The zero-order valence-electron chi connectivity index (χ0n) is 14.4. The standard InChI is InChI=1S/C15H14N4O8S/c1-6-10(12(16)20)13(21)19(2)14(22)11(6)18-17-9-4-3-7(28-27-26-25)5-8(9)15(23)24/h3-5,21,25H,1-2H3,(H2,16,20)(H,23,24). The van der Waals surface area contributed by atoms with Crippen LogP contribution < -0.4 is 11.3 Å². The van der Waals surface area contributed by atoms with E-state index in [1.54, 1.807) is 0 Å². The van der Waals surface area contributed by atoms with Gasteiger partial charge in [0.15, 0.2) is 5.69 Å². The van der Waals surface area contributed by atoms with Crippen molar-refractivity contribution < 1.29 is 34.4 Å². The van der Waals surface area contributed by atoms with Crippen LogP contribution in [-0.4, -0.2) is 31.9 Å². The SMILES string of the molecule is Cc1c(C(N)=O)c(O)n(C)c(=O)c1N=Nc1ccc(SOOO)cc1C(=O)O. The second-order valence-corrected chi connectivity index (χ2v) is 6.08. The number of nitrogens with zero attached hydrogens (tertiary/aromatic N) is 3. The number of azo groups is 1. The molecule has 0 saturated heterocycles. The van der Waals surface area contributed by atoms with Gasteiger partial charge in [-0.25, -0.2) is 10.1 Å². The molecular formula is C15H14N4O8S. The highest BCUT2D eigenvalue weighted by Gasteiger charge is 2.21. The average Bonchev–Trinajstić information content (AvgIpc) is 2.64. The third-order valence-electron chi connectivity index (χ3n) is 3.64. The van der Waals surface area contributed by atoms with Crippen LogP contribution in [0.1, 0.15) is 26.3 Å². The number of hydrogen-bond donors (Lipinski definition) is 4. The minimum atomic E-state index is -1.34. The predicted octanol–water partition coefficient (Wildman–Crippen LogP) is 2.04. The Labute approximate surface area is 160 Å². The molecule has 0 spiro atoms. The van der Waals surface area contributed by atoms with E-state index in [0.29, 0.717) is 12.0 Å². The number of carbonyl (C=O) groups is 2. The lowest BCUT2D eigenvalue weighted by Gasteiger charge is -2.11. The molecule has 148 valence electrons. The van der Waals surface area contributed by atoms with E-state index in [-0.39, 0.29) is 33.0 Å². The zero-order chi connectivity index (χ0) is 21.0. The van der Waals surface area contributed by atoms with E-state index < -0.39 is 23.3 Å². The first-order chi connectivity index (χ1) is 13.2. The lowest BCUT2D eigenvalue weighted by Crippen LogP contribution is -2.23. The molecule has 0 unspecified atom stereocenters. The maximum absolute atomic E-state index is 12.3. The van der Waals surface area contributed by atoms with Gasteiger partial charge in [-0.15, -0.1) is 14.6 Å². The van der Waals surface area contributed by atoms with Gasteiger partial charge in [0.25, 0.3) is 11.5 Å². The van der Waals surface area contributed by atoms with Crippen molar-refractivity contribution in [3.05, 3.63) is 45.2 Å². The molecule has 1 heterocycles. The molecule has 5 N–H and O–H groups in total. The van der Waals surface area contributed by atoms with Crippen molar-refractivity contribution in [1.82, 2.24) is 4.57 Å². The Bertz CT molecular complexity index is 1030. The summed E-state index contributed by atoms with van der Waals surface area (Å²) in [5.74, 6) is -2.93. The molecule has 28 heavy (non-hydrogen) atoms. The number of benzene rings is 1. The third kappa shape index (κ3) is 4.17. The number of aromatic nitrogens is 1. The number of amides is 1. The monoisotopic (exact) mass is 410 g/mol. The van der Waals surface area contributed by atoms with Gasteiger partial charge in [-0.2, -0.15) is 0 Å². The van der Waals surface area contributed by atoms with E-state index >= 15 is 0 Å². The molecule has 1 amide bonds. The molecule has 0 saturated carbocycles. The molecule has 0 radical (unpaired) electrons. The highest BCUT2D eigenvalue weighted by molar-refractivity contribution is 7.94. The van der Waals surface area contributed by atoms with Gasteiger partial charge >= 0.3 is 5.97 Å². The number of carbonyl (C=O) groups excluding carboxylic acids is 1. The molecule has 13 heteroatoms. The number of pyridine rings is 1. The lowest BCUT2D eigenvalue weighted by atomic mass is 10.1. The predicted molar refractivity (Wildman–Crippen MR) is 94.8 cm³/mol. The Morgan fingerprint density at radius 1 is 1.29 bits per heavy atom. The van der Waals surface area contributed by atoms with E-state index in [0.717, 1.165) is 4.57 Å². The lowest BCUT2D eigenvalue weighted by molar-refractivity contribution is -0.432. The highest BCUT2D eigenvalue weighted by atomic mass is 32.2. The molecule has 0 aliphatic rings. The van der Waals surface area contributed by atoms with Gasteiger partial charge in [0.05, 0.1) is 17.6 Å². The summed E-state index contributed by atoms with van der Waals surface area (Å²) in [5.41, 5.74) is 3.48. The Hall–Kier alpha value is -3.26. The number of primary amides is 1. The fourth-order valence-corrected chi connectivity index (χ4v) is 2.66. The number of aromatic carboxylic acids is 1. The molecule has 12 nitrogen and oxygen atoms in total. The molecule has 2 aromatic rings. The summed E-state index contributed by atoms with van der Waals surface area (Å²) in [5, 5.41) is 38.4. The molecule has 2 rings (SSSR count). The first kappa shape index (κ1) is 21.0. The van der Waals surface area contributed by atoms with Crippen LogP contribution in [0.4, 0.5) is 11.4 Å². The van der Waals surface area contributed by atoms with Gasteiger partial charge in [-0.1, -0.05) is 5.04 Å². The summed E-state index contributed by atoms with van der Waals surface area (Å²) in [6.07, 6.45) is 0. The summed E-state index contributed by atoms with van der Waals surface area (Å²) < 4.78 is 5.00. The maximum atomic E-state index is 12.3. The minimum absolute atomic E-state index is 0.00519. The van der Waals surface area contributed by atoms with Crippen molar-refractivity contribution in [2.75, 3.05) is 0 Å². The Morgan fingerprint density at radius 2 is 1.96 bits per heavy atom. The number of carboxylic acids is 1. The summed E-state index contributed by atoms with van der Waals surface area (Å²) in [6.45, 7) is 1.35. The fourth-order valence-electron chi connectivity index (χ4n) is 2.27. The van der Waals surface area contributed by atoms with Gasteiger partial charge in [0.2, 0.25) is 5.88 Å². The van der Waals surface area contributed by atoms with E-state index in [1.807, 2.05) is 0 Å². The molecule has 0 aliphatic heterocycles. The number of nitrogens with two attached hydrogens (primary N) is 1. The molecule has 0 bridgehead atoms. The van der Waals surface area contributed by atoms with Gasteiger partial charge in [-0.3, -0.25) is 14.2 Å². The molecular weight excluding hydrogens is 396 g/mol. The van der Waals surface area contributed by atoms with Crippen molar-refractivity contribution in [2.45, 2.75) is 11.8 Å². The van der Waals surface area contributed by atoms with Crippen LogP contribution in [0.5, 0.6) is 5.88 Å². The fraction of sp³-hybridized carbons (Fsp3) is 0.133. The summed E-state index contributed by atoms with van der Waals surface area (Å²) in [7, 11) is 1.21. The van der Waals surface area contributed by atoms with Gasteiger partial charge in [0.1, 0.15) is 11.3 Å². The van der Waals surface area contributed by atoms with Crippen LogP contribution in [0.3, 0.4) is 0 Å². The number of carboxylic acid groups (broad SMARTS) is 1. The van der Waals surface area contributed by atoms with Crippen molar-refractivity contribution in [2.24, 2.45) is 23.0 Å². The quantitative estimate of drug-likeness (QED) is 0.229. The number of rotatable bonds is 7. The second kappa shape index (κ2) is 8.62. The van der Waals surface area contributed by atoms with Crippen LogP contribution in [0, 0.1) is 6.92 Å². The first-order valence-corrected chi connectivity index (χ1v) is 8.09. The van der Waals surface area contributed by atoms with Crippen LogP contribution in [0.2, 0.25) is 0 Å². The molecule has 1 aromatic carbocycles. The second-order valence-electron chi connectivity index (χ2n) is 5.31. The van der Waals surface area contributed by atoms with Crippen LogP contribution in [0.15, 0.2) is 38.1 Å². The van der Waals surface area contributed by atoms with E-state index in [2.05, 4.69) is 19.6 Å². The van der Waals surface area contributed by atoms with Crippen LogP contribution in [-0.2, 0) is 16.4 Å². The Balaban J connectivity index is 2.56. The van der Waals surface area contributed by atoms with Crippen molar-refractivity contribution >= 4 is 35.3 Å². The third-order valence-corrected chi connectivity index (χ3v) is 4.22. The molecule has 0 aliphatic carbocycles. The first-order valence-electron chi connectivity index (χ1n) is 7.35. The van der Waals surface area contributed by atoms with Crippen LogP contribution in [0.25, 0.3) is 0 Å². The largest absolute Gasteiger partial charge is 0.494 e. The number of hydrogen-bond acceptors (Lipinski definition) is 10. The highest BCUT2D eigenvalue weighted by Crippen LogP contribution is 2.30. The zero-order valence-corrected chi connectivity index (χ0v) is 15.3. The molecule has 0 atom stereocenters. The maximum Gasteiger partial charge on any atom is 0.338 e. The normalized spacial score (nSPS) is 11.1. The average molecular weight is 410 g/mol. The van der Waals surface area contributed by atoms with E-state index in [4.69, 9.17) is 11.0 Å². The summed E-state index contributed by atoms with van der Waals surface area (Å²) >= 11 is 0.548. The van der Waals surface area contributed by atoms with Crippen LogP contribution >= 0.6 is 12.0 Å². The molecule has 0 fully saturated rings. The van der Waals surface area contributed by atoms with Gasteiger partial charge < -0.3 is 15.9 Å². The Morgan fingerprint density at radius 3 is 2.54 bits per heavy atom. The topological polar surface area (TPSA) is 186 Å². The Kier molecular flexibility index (Phi) is 6.48. The van der Waals surface area contributed by atoms with E-state index in [9.17, 15) is 24.6 Å². The molecule has 1 aromatic heterocycles. The van der Waals surface area contributed by atoms with Crippen molar-refractivity contribution in [3.63, 3.8) is 0 Å². The number of aromatic hydroxyl groups is 1. The van der Waals surface area contributed by atoms with Crippen molar-refractivity contribution in [3.8, 4) is 5.88 Å². The van der Waals surface area contributed by atoms with E-state index in [1.165, 1.54) is 32.2 Å². The van der Waals surface area contributed by atoms with Crippen molar-refractivity contribution in [1.29, 1.82) is 0 Å². The summed E-state index contributed by atoms with van der Waals surface area (Å²) in [4.78, 5) is 35.6. The smallest absolute Gasteiger partial charge is 0.338 e. The van der Waals surface area contributed by atoms with Gasteiger partial charge in [-0.05, 0) is 25.1 Å². The van der Waals surface area contributed by atoms with Gasteiger partial charge in [0, 0.05) is 17.5 Å².